The molecule has 0 spiro atoms. The van der Waals surface area contributed by atoms with Crippen molar-refractivity contribution < 1.29 is 9.90 Å². The van der Waals surface area contributed by atoms with Gasteiger partial charge in [-0.1, -0.05) is 12.1 Å². The monoisotopic (exact) mass is 274 g/mol. The predicted molar refractivity (Wildman–Crippen MR) is 78.9 cm³/mol. The van der Waals surface area contributed by atoms with E-state index in [1.807, 2.05) is 14.1 Å². The Balaban J connectivity index is 1.71. The van der Waals surface area contributed by atoms with Gasteiger partial charge in [0.15, 0.2) is 0 Å². The molecule has 2 saturated heterocycles. The maximum Gasteiger partial charge on any atom is 0.308 e. The van der Waals surface area contributed by atoms with Gasteiger partial charge in [0, 0.05) is 38.4 Å². The van der Waals surface area contributed by atoms with Crippen LogP contribution in [0, 0.1) is 5.92 Å². The lowest BCUT2D eigenvalue weighted by Gasteiger charge is -2.23. The molecule has 3 unspecified atom stereocenters. The molecule has 1 N–H and O–H groups in total. The molecule has 4 heteroatoms. The fourth-order valence-corrected chi connectivity index (χ4v) is 3.72. The van der Waals surface area contributed by atoms with Crippen molar-refractivity contribution in [2.24, 2.45) is 5.92 Å². The average molecular weight is 274 g/mol. The van der Waals surface area contributed by atoms with Gasteiger partial charge in [0.25, 0.3) is 0 Å². The molecule has 20 heavy (non-hydrogen) atoms. The van der Waals surface area contributed by atoms with E-state index in [1.165, 1.54) is 11.3 Å². The maximum atomic E-state index is 11.3. The largest absolute Gasteiger partial charge is 0.481 e. The number of carboxylic acid groups (broad SMARTS) is 1. The van der Waals surface area contributed by atoms with Crippen molar-refractivity contribution in [2.45, 2.75) is 37.9 Å². The topological polar surface area (TPSA) is 43.8 Å². The molecule has 2 bridgehead atoms. The summed E-state index contributed by atoms with van der Waals surface area (Å²) in [6, 6.07) is 9.27. The molecule has 2 heterocycles. The Bertz CT molecular complexity index is 498. The second-order valence-corrected chi connectivity index (χ2v) is 6.21. The van der Waals surface area contributed by atoms with Crippen LogP contribution in [0.2, 0.25) is 0 Å². The third-order valence-electron chi connectivity index (χ3n) is 4.82. The molecule has 108 valence electrons. The van der Waals surface area contributed by atoms with Crippen LogP contribution in [0.5, 0.6) is 0 Å². The number of benzene rings is 1. The molecule has 0 radical (unpaired) electrons. The van der Waals surface area contributed by atoms with E-state index in [2.05, 4.69) is 34.1 Å². The first kappa shape index (κ1) is 13.4. The standard InChI is InChI=1S/C16H22N2O2/c1-17(2)12-5-3-11(4-6-12)10-18-13-7-8-15(18)14(9-13)16(19)20/h3-6,13-15H,7-10H2,1-2H3,(H,19,20). The Morgan fingerprint density at radius 3 is 2.55 bits per heavy atom. The van der Waals surface area contributed by atoms with E-state index >= 15 is 0 Å². The van der Waals surface area contributed by atoms with Crippen LogP contribution in [0.15, 0.2) is 24.3 Å². The molecule has 3 atom stereocenters. The SMILES string of the molecule is CN(C)c1ccc(CN2C3CCC2C(C(=O)O)C3)cc1. The molecule has 1 aromatic rings. The molecule has 3 rings (SSSR count). The summed E-state index contributed by atoms with van der Waals surface area (Å²) in [6.07, 6.45) is 3.03. The van der Waals surface area contributed by atoms with Crippen LogP contribution in [0.25, 0.3) is 0 Å². The van der Waals surface area contributed by atoms with Crippen molar-refractivity contribution in [2.75, 3.05) is 19.0 Å². The Kier molecular flexibility index (Phi) is 3.42. The van der Waals surface area contributed by atoms with Crippen molar-refractivity contribution in [3.63, 3.8) is 0 Å². The van der Waals surface area contributed by atoms with E-state index in [-0.39, 0.29) is 12.0 Å². The zero-order valence-corrected chi connectivity index (χ0v) is 12.1. The highest BCUT2D eigenvalue weighted by atomic mass is 16.4. The van der Waals surface area contributed by atoms with Gasteiger partial charge in [-0.05, 0) is 37.0 Å². The van der Waals surface area contributed by atoms with Crippen molar-refractivity contribution in [1.82, 2.24) is 4.90 Å². The van der Waals surface area contributed by atoms with Gasteiger partial charge in [-0.15, -0.1) is 0 Å². The molecule has 0 aromatic heterocycles. The lowest BCUT2D eigenvalue weighted by atomic mass is 9.89. The highest BCUT2D eigenvalue weighted by Gasteiger charge is 2.48. The van der Waals surface area contributed by atoms with Crippen LogP contribution >= 0.6 is 0 Å². The number of rotatable bonds is 4. The summed E-state index contributed by atoms with van der Waals surface area (Å²) in [6.45, 7) is 0.882. The molecule has 0 amide bonds. The van der Waals surface area contributed by atoms with Gasteiger partial charge in [0.2, 0.25) is 0 Å². The number of carboxylic acids is 1. The number of anilines is 1. The zero-order valence-electron chi connectivity index (χ0n) is 12.1. The molecular formula is C16H22N2O2. The zero-order chi connectivity index (χ0) is 14.3. The summed E-state index contributed by atoms with van der Waals surface area (Å²) < 4.78 is 0. The molecule has 4 nitrogen and oxygen atoms in total. The molecule has 2 aliphatic rings. The normalized spacial score (nSPS) is 28.8. The second kappa shape index (κ2) is 5.09. The maximum absolute atomic E-state index is 11.3. The van der Waals surface area contributed by atoms with Crippen LogP contribution in [0.1, 0.15) is 24.8 Å². The lowest BCUT2D eigenvalue weighted by molar-refractivity contribution is -0.142. The van der Waals surface area contributed by atoms with E-state index in [0.717, 1.165) is 25.8 Å². The van der Waals surface area contributed by atoms with E-state index in [4.69, 9.17) is 0 Å². The summed E-state index contributed by atoms with van der Waals surface area (Å²) >= 11 is 0. The lowest BCUT2D eigenvalue weighted by Crippen LogP contribution is -2.32. The summed E-state index contributed by atoms with van der Waals surface area (Å²) in [5, 5.41) is 9.28. The van der Waals surface area contributed by atoms with Gasteiger partial charge in [0.1, 0.15) is 0 Å². The van der Waals surface area contributed by atoms with Gasteiger partial charge >= 0.3 is 5.97 Å². The molecular weight excluding hydrogens is 252 g/mol. The first-order valence-corrected chi connectivity index (χ1v) is 7.31. The number of aliphatic carboxylic acids is 1. The van der Waals surface area contributed by atoms with Gasteiger partial charge < -0.3 is 10.0 Å². The average Bonchev–Trinajstić information content (AvgIpc) is 2.96. The van der Waals surface area contributed by atoms with E-state index in [9.17, 15) is 9.90 Å². The first-order valence-electron chi connectivity index (χ1n) is 7.31. The minimum absolute atomic E-state index is 0.158. The van der Waals surface area contributed by atoms with Crippen LogP contribution in [-0.2, 0) is 11.3 Å². The Morgan fingerprint density at radius 1 is 1.30 bits per heavy atom. The number of hydrogen-bond acceptors (Lipinski definition) is 3. The first-order chi connectivity index (χ1) is 9.56. The van der Waals surface area contributed by atoms with Crippen molar-refractivity contribution in [3.05, 3.63) is 29.8 Å². The third kappa shape index (κ3) is 2.29. The fourth-order valence-electron chi connectivity index (χ4n) is 3.72. The van der Waals surface area contributed by atoms with E-state index in [1.54, 1.807) is 0 Å². The minimum atomic E-state index is -0.620. The number of fused-ring (bicyclic) bond motifs is 2. The summed E-state index contributed by atoms with van der Waals surface area (Å²) in [5.74, 6) is -0.778. The number of carbonyl (C=O) groups is 1. The van der Waals surface area contributed by atoms with Crippen LogP contribution < -0.4 is 4.90 Å². The highest BCUT2D eigenvalue weighted by Crippen LogP contribution is 2.42. The number of nitrogens with zero attached hydrogens (tertiary/aromatic N) is 2. The number of hydrogen-bond donors (Lipinski definition) is 1. The minimum Gasteiger partial charge on any atom is -0.481 e. The van der Waals surface area contributed by atoms with E-state index < -0.39 is 5.97 Å². The van der Waals surface area contributed by atoms with Crippen molar-refractivity contribution in [3.8, 4) is 0 Å². The van der Waals surface area contributed by atoms with Gasteiger partial charge in [-0.3, -0.25) is 9.69 Å². The van der Waals surface area contributed by atoms with Gasteiger partial charge in [-0.2, -0.15) is 0 Å². The summed E-state index contributed by atoms with van der Waals surface area (Å²) in [7, 11) is 4.07. The molecule has 2 aliphatic heterocycles. The Hall–Kier alpha value is -1.55. The predicted octanol–water partition coefficient (Wildman–Crippen LogP) is 2.19. The highest BCUT2D eigenvalue weighted by molar-refractivity contribution is 5.71. The molecule has 0 saturated carbocycles. The molecule has 1 aromatic carbocycles. The second-order valence-electron chi connectivity index (χ2n) is 6.21. The van der Waals surface area contributed by atoms with Crippen molar-refractivity contribution in [1.29, 1.82) is 0 Å². The van der Waals surface area contributed by atoms with Crippen LogP contribution in [0.3, 0.4) is 0 Å². The van der Waals surface area contributed by atoms with Crippen LogP contribution in [0.4, 0.5) is 5.69 Å². The Labute approximate surface area is 120 Å². The quantitative estimate of drug-likeness (QED) is 0.914. The summed E-state index contributed by atoms with van der Waals surface area (Å²) in [4.78, 5) is 15.8. The van der Waals surface area contributed by atoms with Gasteiger partial charge in [0.05, 0.1) is 5.92 Å². The smallest absolute Gasteiger partial charge is 0.308 e. The molecule has 0 aliphatic carbocycles. The molecule has 2 fully saturated rings. The van der Waals surface area contributed by atoms with E-state index in [0.29, 0.717) is 6.04 Å². The fraction of sp³-hybridized carbons (Fsp3) is 0.562. The Morgan fingerprint density at radius 2 is 2.00 bits per heavy atom. The van der Waals surface area contributed by atoms with Gasteiger partial charge in [-0.25, -0.2) is 0 Å². The van der Waals surface area contributed by atoms with Crippen LogP contribution in [-0.4, -0.2) is 42.2 Å². The summed E-state index contributed by atoms with van der Waals surface area (Å²) in [5.41, 5.74) is 2.47. The third-order valence-corrected chi connectivity index (χ3v) is 4.82. The van der Waals surface area contributed by atoms with Crippen molar-refractivity contribution >= 4 is 11.7 Å².